The number of para-hydroxylation sites is 1. The zero-order valence-corrected chi connectivity index (χ0v) is 13.4. The van der Waals surface area contributed by atoms with Gasteiger partial charge in [-0.2, -0.15) is 0 Å². The summed E-state index contributed by atoms with van der Waals surface area (Å²) in [6.07, 6.45) is 0.905. The summed E-state index contributed by atoms with van der Waals surface area (Å²) in [4.78, 5) is 12.0. The van der Waals surface area contributed by atoms with Gasteiger partial charge in [0.2, 0.25) is 5.91 Å². The molecular formula is C16H20N2O2S. The Hall–Kier alpha value is -1.75. The lowest BCUT2D eigenvalue weighted by molar-refractivity contribution is -0.113. The maximum Gasteiger partial charge on any atom is 0.234 e. The summed E-state index contributed by atoms with van der Waals surface area (Å²) < 4.78 is 5.11. The highest BCUT2D eigenvalue weighted by atomic mass is 32.2. The Balaban J connectivity index is 1.85. The molecule has 1 aromatic carbocycles. The fraction of sp³-hybridized carbons (Fsp3) is 0.375. The van der Waals surface area contributed by atoms with Crippen LogP contribution >= 0.6 is 11.8 Å². The Morgan fingerprint density at radius 2 is 2.10 bits per heavy atom. The van der Waals surface area contributed by atoms with Crippen molar-refractivity contribution in [1.29, 1.82) is 0 Å². The van der Waals surface area contributed by atoms with Crippen LogP contribution in [0.15, 0.2) is 28.8 Å². The molecule has 5 heteroatoms. The van der Waals surface area contributed by atoms with Gasteiger partial charge in [-0.15, -0.1) is 11.8 Å². The zero-order chi connectivity index (χ0) is 15.2. The van der Waals surface area contributed by atoms with Crippen molar-refractivity contribution in [2.24, 2.45) is 0 Å². The second kappa shape index (κ2) is 7.31. The summed E-state index contributed by atoms with van der Waals surface area (Å²) in [5, 5.41) is 6.89. The molecule has 1 heterocycles. The van der Waals surface area contributed by atoms with Gasteiger partial charge in [0.1, 0.15) is 5.76 Å². The highest BCUT2D eigenvalue weighted by molar-refractivity contribution is 7.99. The summed E-state index contributed by atoms with van der Waals surface area (Å²) in [6.45, 7) is 5.90. The normalized spacial score (nSPS) is 10.6. The van der Waals surface area contributed by atoms with E-state index in [9.17, 15) is 4.79 Å². The number of benzene rings is 1. The van der Waals surface area contributed by atoms with Gasteiger partial charge in [0, 0.05) is 17.0 Å². The van der Waals surface area contributed by atoms with Gasteiger partial charge in [-0.1, -0.05) is 30.3 Å². The molecule has 112 valence electrons. The first-order chi connectivity index (χ1) is 10.1. The molecule has 0 aliphatic rings. The number of rotatable bonds is 6. The van der Waals surface area contributed by atoms with Crippen LogP contribution < -0.4 is 5.32 Å². The van der Waals surface area contributed by atoms with E-state index in [2.05, 4.69) is 17.4 Å². The third-order valence-corrected chi connectivity index (χ3v) is 4.29. The summed E-state index contributed by atoms with van der Waals surface area (Å²) in [6, 6.07) is 7.90. The van der Waals surface area contributed by atoms with Gasteiger partial charge in [-0.05, 0) is 31.9 Å². The van der Waals surface area contributed by atoms with Crippen molar-refractivity contribution >= 4 is 23.4 Å². The predicted molar refractivity (Wildman–Crippen MR) is 86.6 cm³/mol. The molecule has 0 radical (unpaired) electrons. The zero-order valence-electron chi connectivity index (χ0n) is 12.6. The number of aromatic nitrogens is 1. The molecule has 0 aliphatic carbocycles. The number of amides is 1. The lowest BCUT2D eigenvalue weighted by Crippen LogP contribution is -2.15. The van der Waals surface area contributed by atoms with E-state index >= 15 is 0 Å². The molecule has 0 fully saturated rings. The molecule has 1 N–H and O–H groups in total. The topological polar surface area (TPSA) is 55.1 Å². The molecule has 0 spiro atoms. The van der Waals surface area contributed by atoms with Crippen molar-refractivity contribution in [3.8, 4) is 0 Å². The lowest BCUT2D eigenvalue weighted by Gasteiger charge is -2.09. The van der Waals surface area contributed by atoms with Crippen LogP contribution in [0.25, 0.3) is 0 Å². The minimum absolute atomic E-state index is 0.0210. The monoisotopic (exact) mass is 304 g/mol. The van der Waals surface area contributed by atoms with Crippen molar-refractivity contribution in [2.45, 2.75) is 32.9 Å². The largest absolute Gasteiger partial charge is 0.361 e. The first-order valence-electron chi connectivity index (χ1n) is 6.99. The minimum Gasteiger partial charge on any atom is -0.361 e. The second-order valence-corrected chi connectivity index (χ2v) is 5.84. The van der Waals surface area contributed by atoms with Crippen molar-refractivity contribution < 1.29 is 9.32 Å². The van der Waals surface area contributed by atoms with E-state index in [-0.39, 0.29) is 5.91 Å². The SMILES string of the molecule is CCc1ccccc1NC(=O)CSCc1c(C)noc1C. The fourth-order valence-corrected chi connectivity index (χ4v) is 3.07. The quantitative estimate of drug-likeness (QED) is 0.883. The summed E-state index contributed by atoms with van der Waals surface area (Å²) in [5.41, 5.74) is 4.04. The molecule has 0 aliphatic heterocycles. The van der Waals surface area contributed by atoms with E-state index in [1.165, 1.54) is 0 Å². The van der Waals surface area contributed by atoms with Gasteiger partial charge in [0.05, 0.1) is 11.4 Å². The average molecular weight is 304 g/mol. The minimum atomic E-state index is 0.0210. The maximum atomic E-state index is 12.0. The van der Waals surface area contributed by atoms with Crippen molar-refractivity contribution in [2.75, 3.05) is 11.1 Å². The van der Waals surface area contributed by atoms with Crippen LogP contribution in [-0.4, -0.2) is 16.8 Å². The molecule has 0 bridgehead atoms. The van der Waals surface area contributed by atoms with E-state index in [1.54, 1.807) is 11.8 Å². The van der Waals surface area contributed by atoms with Crippen molar-refractivity contribution in [3.05, 3.63) is 46.8 Å². The van der Waals surface area contributed by atoms with Gasteiger partial charge in [0.25, 0.3) is 0 Å². The Bertz CT molecular complexity index is 603. The highest BCUT2D eigenvalue weighted by Gasteiger charge is 2.10. The number of anilines is 1. The van der Waals surface area contributed by atoms with E-state index in [0.717, 1.165) is 40.4 Å². The maximum absolute atomic E-state index is 12.0. The first kappa shape index (κ1) is 15.6. The number of carbonyl (C=O) groups is 1. The molecule has 4 nitrogen and oxygen atoms in total. The third kappa shape index (κ3) is 4.11. The number of hydrogen-bond acceptors (Lipinski definition) is 4. The predicted octanol–water partition coefficient (Wildman–Crippen LogP) is 3.73. The smallest absolute Gasteiger partial charge is 0.234 e. The molecule has 0 unspecified atom stereocenters. The first-order valence-corrected chi connectivity index (χ1v) is 8.14. The molecule has 0 saturated carbocycles. The number of hydrogen-bond donors (Lipinski definition) is 1. The number of thioether (sulfide) groups is 1. The van der Waals surface area contributed by atoms with Crippen molar-refractivity contribution in [1.82, 2.24) is 5.16 Å². The van der Waals surface area contributed by atoms with E-state index in [1.807, 2.05) is 38.1 Å². The van der Waals surface area contributed by atoms with E-state index in [0.29, 0.717) is 5.75 Å². The Morgan fingerprint density at radius 3 is 2.76 bits per heavy atom. The van der Waals surface area contributed by atoms with Gasteiger partial charge < -0.3 is 9.84 Å². The van der Waals surface area contributed by atoms with Gasteiger partial charge >= 0.3 is 0 Å². The molecule has 2 rings (SSSR count). The summed E-state index contributed by atoms with van der Waals surface area (Å²) >= 11 is 1.57. The molecule has 0 saturated heterocycles. The number of aryl methyl sites for hydroxylation is 3. The van der Waals surface area contributed by atoms with Crippen LogP contribution in [0.5, 0.6) is 0 Å². The standard InChI is InChI=1S/C16H20N2O2S/c1-4-13-7-5-6-8-15(13)17-16(19)10-21-9-14-11(2)18-20-12(14)3/h5-8H,4,9-10H2,1-3H3,(H,17,19). The highest BCUT2D eigenvalue weighted by Crippen LogP contribution is 2.20. The van der Waals surface area contributed by atoms with Crippen LogP contribution in [0.3, 0.4) is 0 Å². The molecule has 0 atom stereocenters. The molecule has 1 amide bonds. The number of nitrogens with zero attached hydrogens (tertiary/aromatic N) is 1. The van der Waals surface area contributed by atoms with E-state index < -0.39 is 0 Å². The van der Waals surface area contributed by atoms with Gasteiger partial charge in [0.15, 0.2) is 0 Å². The van der Waals surface area contributed by atoms with Crippen molar-refractivity contribution in [3.63, 3.8) is 0 Å². The Kier molecular flexibility index (Phi) is 5.44. The van der Waals surface area contributed by atoms with Crippen LogP contribution in [0.4, 0.5) is 5.69 Å². The second-order valence-electron chi connectivity index (χ2n) is 4.85. The molecule has 2 aromatic rings. The molecule has 1 aromatic heterocycles. The summed E-state index contributed by atoms with van der Waals surface area (Å²) in [5.74, 6) is 2.01. The van der Waals surface area contributed by atoms with Crippen LogP contribution in [0, 0.1) is 13.8 Å². The molecule has 21 heavy (non-hydrogen) atoms. The van der Waals surface area contributed by atoms with Crippen LogP contribution in [0.2, 0.25) is 0 Å². The Morgan fingerprint density at radius 1 is 1.33 bits per heavy atom. The number of carbonyl (C=O) groups excluding carboxylic acids is 1. The van der Waals surface area contributed by atoms with Gasteiger partial charge in [-0.3, -0.25) is 4.79 Å². The van der Waals surface area contributed by atoms with E-state index in [4.69, 9.17) is 4.52 Å². The Labute approximate surface area is 129 Å². The molecular weight excluding hydrogens is 284 g/mol. The average Bonchev–Trinajstić information content (AvgIpc) is 2.79. The third-order valence-electron chi connectivity index (χ3n) is 3.33. The lowest BCUT2D eigenvalue weighted by atomic mass is 10.1. The number of nitrogens with one attached hydrogen (secondary N) is 1. The fourth-order valence-electron chi connectivity index (χ4n) is 2.09. The van der Waals surface area contributed by atoms with Gasteiger partial charge in [-0.25, -0.2) is 0 Å². The van der Waals surface area contributed by atoms with Crippen LogP contribution in [0.1, 0.15) is 29.5 Å². The summed E-state index contributed by atoms with van der Waals surface area (Å²) in [7, 11) is 0. The van der Waals surface area contributed by atoms with Crippen LogP contribution in [-0.2, 0) is 17.0 Å².